The van der Waals surface area contributed by atoms with Gasteiger partial charge in [-0.3, -0.25) is 4.79 Å². The van der Waals surface area contributed by atoms with Gasteiger partial charge in [-0.15, -0.1) is 0 Å². The van der Waals surface area contributed by atoms with E-state index in [1.807, 2.05) is 66.7 Å². The number of ether oxygens (including phenoxy) is 1. The number of aromatic amines is 1. The molecule has 0 aliphatic carbocycles. The second kappa shape index (κ2) is 9.17. The minimum atomic E-state index is -1.09. The van der Waals surface area contributed by atoms with Crippen LogP contribution in [0.2, 0.25) is 0 Å². The molecule has 4 rings (SSSR count). The van der Waals surface area contributed by atoms with Crippen LogP contribution in [0.4, 0.5) is 0 Å². The van der Waals surface area contributed by atoms with Gasteiger partial charge >= 0.3 is 5.97 Å². The van der Waals surface area contributed by atoms with Crippen LogP contribution in [0.1, 0.15) is 5.56 Å². The highest BCUT2D eigenvalue weighted by molar-refractivity contribution is 5.87. The Morgan fingerprint density at radius 1 is 0.903 bits per heavy atom. The molecule has 1 amide bonds. The van der Waals surface area contributed by atoms with Crippen LogP contribution >= 0.6 is 0 Å². The zero-order valence-corrected chi connectivity index (χ0v) is 16.7. The first-order chi connectivity index (χ1) is 15.1. The van der Waals surface area contributed by atoms with Gasteiger partial charge in [0.15, 0.2) is 6.61 Å². The van der Waals surface area contributed by atoms with E-state index in [4.69, 9.17) is 4.74 Å². The maximum atomic E-state index is 12.3. The number of hydrogen-bond donors (Lipinski definition) is 3. The Kier molecular flexibility index (Phi) is 5.98. The van der Waals surface area contributed by atoms with Crippen LogP contribution in [0.15, 0.2) is 85.1 Å². The fraction of sp³-hybridized carbons (Fsp3) is 0.120. The number of carbonyl (C=O) groups excluding carboxylic acids is 1. The standard InChI is InChI=1S/C25H22N2O4/c28-24(16-31-20-12-10-18(11-13-20)17-6-2-1-3-7-17)27-23(25(29)30)14-19-15-26-22-9-5-4-8-21(19)22/h1-13,15,23,26H,14,16H2,(H,27,28)(H,29,30). The summed E-state index contributed by atoms with van der Waals surface area (Å²) in [7, 11) is 0. The molecule has 0 spiro atoms. The zero-order valence-electron chi connectivity index (χ0n) is 16.7. The fourth-order valence-corrected chi connectivity index (χ4v) is 3.48. The summed E-state index contributed by atoms with van der Waals surface area (Å²) < 4.78 is 5.53. The quantitative estimate of drug-likeness (QED) is 0.406. The van der Waals surface area contributed by atoms with Crippen LogP contribution in [-0.2, 0) is 16.0 Å². The molecular formula is C25H22N2O4. The Bertz CT molecular complexity index is 1180. The lowest BCUT2D eigenvalue weighted by Gasteiger charge is -2.15. The molecule has 3 aromatic carbocycles. The molecule has 0 aliphatic heterocycles. The largest absolute Gasteiger partial charge is 0.484 e. The van der Waals surface area contributed by atoms with Crippen molar-refractivity contribution in [3.05, 3.63) is 90.6 Å². The lowest BCUT2D eigenvalue weighted by atomic mass is 10.1. The van der Waals surface area contributed by atoms with E-state index in [-0.39, 0.29) is 13.0 Å². The summed E-state index contributed by atoms with van der Waals surface area (Å²) in [5, 5.41) is 13.0. The molecule has 156 valence electrons. The molecule has 31 heavy (non-hydrogen) atoms. The molecule has 4 aromatic rings. The first-order valence-corrected chi connectivity index (χ1v) is 9.95. The van der Waals surface area contributed by atoms with Crippen molar-refractivity contribution < 1.29 is 19.4 Å². The number of rotatable bonds is 8. The molecule has 3 N–H and O–H groups in total. The minimum Gasteiger partial charge on any atom is -0.484 e. The van der Waals surface area contributed by atoms with Crippen molar-refractivity contribution in [1.82, 2.24) is 10.3 Å². The molecule has 0 aliphatic rings. The summed E-state index contributed by atoms with van der Waals surface area (Å²) in [4.78, 5) is 27.1. The Labute approximate surface area is 179 Å². The number of H-pyrrole nitrogens is 1. The normalized spacial score (nSPS) is 11.7. The van der Waals surface area contributed by atoms with Gasteiger partial charge in [0.25, 0.3) is 5.91 Å². The van der Waals surface area contributed by atoms with Gasteiger partial charge in [0.2, 0.25) is 0 Å². The SMILES string of the molecule is O=C(COc1ccc(-c2ccccc2)cc1)NC(Cc1c[nH]c2ccccc12)C(=O)O. The first-order valence-electron chi connectivity index (χ1n) is 9.95. The van der Waals surface area contributed by atoms with E-state index in [9.17, 15) is 14.7 Å². The molecule has 1 atom stereocenters. The maximum Gasteiger partial charge on any atom is 0.326 e. The molecule has 0 bridgehead atoms. The molecule has 6 heteroatoms. The number of benzene rings is 3. The average Bonchev–Trinajstić information content (AvgIpc) is 3.21. The lowest BCUT2D eigenvalue weighted by Crippen LogP contribution is -2.44. The summed E-state index contributed by atoms with van der Waals surface area (Å²) in [5.41, 5.74) is 3.89. The predicted molar refractivity (Wildman–Crippen MR) is 119 cm³/mol. The number of aliphatic carboxylic acids is 1. The van der Waals surface area contributed by atoms with Crippen LogP contribution < -0.4 is 10.1 Å². The molecule has 0 radical (unpaired) electrons. The second-order valence-corrected chi connectivity index (χ2v) is 7.20. The zero-order chi connectivity index (χ0) is 21.6. The van der Waals surface area contributed by atoms with E-state index in [2.05, 4.69) is 10.3 Å². The highest BCUT2D eigenvalue weighted by atomic mass is 16.5. The molecule has 1 aromatic heterocycles. The average molecular weight is 414 g/mol. The number of amides is 1. The Hall–Kier alpha value is -4.06. The summed E-state index contributed by atoms with van der Waals surface area (Å²) >= 11 is 0. The molecule has 1 heterocycles. The van der Waals surface area contributed by atoms with E-state index < -0.39 is 17.9 Å². The van der Waals surface area contributed by atoms with Gasteiger partial charge in [0, 0.05) is 23.5 Å². The van der Waals surface area contributed by atoms with Crippen LogP contribution in [0.25, 0.3) is 22.0 Å². The van der Waals surface area contributed by atoms with Gasteiger partial charge in [0.05, 0.1) is 0 Å². The number of carbonyl (C=O) groups is 2. The highest BCUT2D eigenvalue weighted by Crippen LogP contribution is 2.22. The van der Waals surface area contributed by atoms with Crippen molar-refractivity contribution >= 4 is 22.8 Å². The van der Waals surface area contributed by atoms with Gasteiger partial charge in [0.1, 0.15) is 11.8 Å². The monoisotopic (exact) mass is 414 g/mol. The summed E-state index contributed by atoms with van der Waals surface area (Å²) in [6.45, 7) is -0.262. The fourth-order valence-electron chi connectivity index (χ4n) is 3.48. The van der Waals surface area contributed by atoms with Gasteiger partial charge in [-0.2, -0.15) is 0 Å². The third-order valence-electron chi connectivity index (χ3n) is 5.06. The van der Waals surface area contributed by atoms with Crippen LogP contribution in [0.5, 0.6) is 5.75 Å². The Balaban J connectivity index is 1.35. The summed E-state index contributed by atoms with van der Waals surface area (Å²) in [6.07, 6.45) is 1.95. The molecule has 1 unspecified atom stereocenters. The van der Waals surface area contributed by atoms with E-state index in [0.29, 0.717) is 5.75 Å². The number of aromatic nitrogens is 1. The van der Waals surface area contributed by atoms with E-state index >= 15 is 0 Å². The summed E-state index contributed by atoms with van der Waals surface area (Å²) in [5.74, 6) is -1.04. The third kappa shape index (κ3) is 4.93. The van der Waals surface area contributed by atoms with Gasteiger partial charge in [-0.05, 0) is 34.9 Å². The number of carboxylic acid groups (broad SMARTS) is 1. The second-order valence-electron chi connectivity index (χ2n) is 7.20. The minimum absolute atomic E-state index is 0.177. The Morgan fingerprint density at radius 2 is 1.58 bits per heavy atom. The molecule has 0 saturated heterocycles. The number of hydrogen-bond acceptors (Lipinski definition) is 3. The molecular weight excluding hydrogens is 392 g/mol. The maximum absolute atomic E-state index is 12.3. The van der Waals surface area contributed by atoms with Gasteiger partial charge in [-0.1, -0.05) is 60.7 Å². The number of carboxylic acids is 1. The van der Waals surface area contributed by atoms with Crippen molar-refractivity contribution in [2.75, 3.05) is 6.61 Å². The smallest absolute Gasteiger partial charge is 0.326 e. The highest BCUT2D eigenvalue weighted by Gasteiger charge is 2.22. The van der Waals surface area contributed by atoms with Crippen molar-refractivity contribution in [3.8, 4) is 16.9 Å². The van der Waals surface area contributed by atoms with Crippen molar-refractivity contribution in [2.45, 2.75) is 12.5 Å². The molecule has 6 nitrogen and oxygen atoms in total. The van der Waals surface area contributed by atoms with Crippen LogP contribution in [0, 0.1) is 0 Å². The number of fused-ring (bicyclic) bond motifs is 1. The van der Waals surface area contributed by atoms with E-state index in [1.54, 1.807) is 18.3 Å². The first kappa shape index (κ1) is 20.2. The van der Waals surface area contributed by atoms with Gasteiger partial charge < -0.3 is 20.1 Å². The Morgan fingerprint density at radius 3 is 2.32 bits per heavy atom. The summed E-state index contributed by atoms with van der Waals surface area (Å²) in [6, 6.07) is 23.9. The lowest BCUT2D eigenvalue weighted by molar-refractivity contribution is -0.142. The predicted octanol–water partition coefficient (Wildman–Crippen LogP) is 4.03. The van der Waals surface area contributed by atoms with E-state index in [0.717, 1.165) is 27.6 Å². The molecule has 0 saturated carbocycles. The van der Waals surface area contributed by atoms with Crippen molar-refractivity contribution in [1.29, 1.82) is 0 Å². The number of para-hydroxylation sites is 1. The van der Waals surface area contributed by atoms with E-state index in [1.165, 1.54) is 0 Å². The topological polar surface area (TPSA) is 91.4 Å². The van der Waals surface area contributed by atoms with Crippen molar-refractivity contribution in [2.24, 2.45) is 0 Å². The van der Waals surface area contributed by atoms with Gasteiger partial charge in [-0.25, -0.2) is 4.79 Å². The molecule has 0 fully saturated rings. The number of nitrogens with one attached hydrogen (secondary N) is 2. The van der Waals surface area contributed by atoms with Crippen molar-refractivity contribution in [3.63, 3.8) is 0 Å². The third-order valence-corrected chi connectivity index (χ3v) is 5.06. The van der Waals surface area contributed by atoms with Crippen LogP contribution in [-0.4, -0.2) is 34.6 Å². The van der Waals surface area contributed by atoms with Crippen LogP contribution in [0.3, 0.4) is 0 Å².